The molecule has 6 nitrogen and oxygen atoms in total. The quantitative estimate of drug-likeness (QED) is 0.576. The lowest BCUT2D eigenvalue weighted by atomic mass is 9.45. The van der Waals surface area contributed by atoms with Gasteiger partial charge in [-0.05, 0) is 55.4 Å². The number of carbonyl (C=O) groups excluding carboxylic acids is 3. The number of epoxide rings is 1. The molecule has 1 saturated heterocycles. The summed E-state index contributed by atoms with van der Waals surface area (Å²) >= 11 is 0. The molecule has 0 aromatic rings. The Morgan fingerprint density at radius 2 is 1.97 bits per heavy atom. The summed E-state index contributed by atoms with van der Waals surface area (Å²) in [6.07, 6.45) is 6.94. The molecule has 0 unspecified atom stereocenters. The minimum absolute atomic E-state index is 0.00582. The SMILES string of the molecule is CC(=O)OCC(=O)[C@@]1(O)C[C@@H]2O[C@@]23[C@@H]2CCC4=CC(=O)CC[C@]4(C)[C@H]2CC[C@@]31C. The highest BCUT2D eigenvalue weighted by Gasteiger charge is 2.85. The Hall–Kier alpha value is -1.53. The molecular formula is C23H30O6. The normalized spacial score (nSPS) is 49.9. The number of rotatable bonds is 3. The number of allylic oxidation sites excluding steroid dienone is 1. The molecular weight excluding hydrogens is 372 g/mol. The van der Waals surface area contributed by atoms with Crippen LogP contribution in [0.4, 0.5) is 0 Å². The van der Waals surface area contributed by atoms with Gasteiger partial charge < -0.3 is 14.6 Å². The van der Waals surface area contributed by atoms with Crippen LogP contribution in [0.2, 0.25) is 0 Å². The Balaban J connectivity index is 1.48. The molecule has 158 valence electrons. The molecule has 29 heavy (non-hydrogen) atoms. The summed E-state index contributed by atoms with van der Waals surface area (Å²) in [6.45, 7) is 5.18. The molecule has 5 rings (SSSR count). The first-order valence-electron chi connectivity index (χ1n) is 10.9. The van der Waals surface area contributed by atoms with Gasteiger partial charge in [-0.3, -0.25) is 14.4 Å². The number of esters is 1. The zero-order valence-electron chi connectivity index (χ0n) is 17.5. The largest absolute Gasteiger partial charge is 0.458 e. The van der Waals surface area contributed by atoms with Crippen molar-refractivity contribution < 1.29 is 29.0 Å². The van der Waals surface area contributed by atoms with Crippen LogP contribution in [0.5, 0.6) is 0 Å². The van der Waals surface area contributed by atoms with Crippen LogP contribution in [-0.4, -0.2) is 46.6 Å². The molecule has 0 aromatic carbocycles. The Morgan fingerprint density at radius 1 is 1.21 bits per heavy atom. The predicted molar refractivity (Wildman–Crippen MR) is 103 cm³/mol. The summed E-state index contributed by atoms with van der Waals surface area (Å²) in [6, 6.07) is 0. The zero-order chi connectivity index (χ0) is 20.8. The number of hydrogen-bond acceptors (Lipinski definition) is 6. The van der Waals surface area contributed by atoms with E-state index < -0.39 is 28.4 Å². The fraction of sp³-hybridized carbons (Fsp3) is 0.783. The van der Waals surface area contributed by atoms with Crippen LogP contribution in [-0.2, 0) is 23.9 Å². The molecule has 1 aliphatic heterocycles. The maximum absolute atomic E-state index is 13.0. The molecule has 6 heteroatoms. The predicted octanol–water partition coefficient (Wildman–Crippen LogP) is 2.51. The number of ether oxygens (including phenoxy) is 2. The summed E-state index contributed by atoms with van der Waals surface area (Å²) < 4.78 is 11.3. The number of carbonyl (C=O) groups is 3. The topological polar surface area (TPSA) is 93.2 Å². The molecule has 0 aromatic heterocycles. The molecule has 1 heterocycles. The van der Waals surface area contributed by atoms with Crippen molar-refractivity contribution in [2.45, 2.75) is 83.0 Å². The van der Waals surface area contributed by atoms with E-state index in [-0.39, 0.29) is 36.2 Å². The van der Waals surface area contributed by atoms with Gasteiger partial charge in [0.05, 0.1) is 6.10 Å². The second kappa shape index (κ2) is 5.79. The van der Waals surface area contributed by atoms with E-state index in [2.05, 4.69) is 6.92 Å². The van der Waals surface area contributed by atoms with E-state index in [1.165, 1.54) is 12.5 Å². The Bertz CT molecular complexity index is 846. The average Bonchev–Trinajstić information content (AvgIpc) is 3.32. The van der Waals surface area contributed by atoms with E-state index >= 15 is 0 Å². The molecule has 4 aliphatic carbocycles. The Morgan fingerprint density at radius 3 is 2.69 bits per heavy atom. The summed E-state index contributed by atoms with van der Waals surface area (Å²) in [5.74, 6) is -0.00987. The number of hydrogen-bond donors (Lipinski definition) is 1. The molecule has 0 radical (unpaired) electrons. The molecule has 7 atom stereocenters. The fourth-order valence-electron chi connectivity index (χ4n) is 7.73. The highest BCUT2D eigenvalue weighted by Crippen LogP contribution is 2.77. The number of Topliss-reactive ketones (excluding diaryl/α,β-unsaturated/α-hetero) is 1. The number of fused-ring (bicyclic) bond motifs is 3. The Kier molecular flexibility index (Phi) is 3.88. The van der Waals surface area contributed by atoms with Gasteiger partial charge in [-0.15, -0.1) is 0 Å². The van der Waals surface area contributed by atoms with Crippen molar-refractivity contribution in [2.75, 3.05) is 6.61 Å². The zero-order valence-corrected chi connectivity index (χ0v) is 17.5. The van der Waals surface area contributed by atoms with Crippen LogP contribution in [0.15, 0.2) is 11.6 Å². The lowest BCUT2D eigenvalue weighted by Gasteiger charge is -2.59. The second-order valence-corrected chi connectivity index (χ2v) is 10.3. The van der Waals surface area contributed by atoms with Gasteiger partial charge in [0.2, 0.25) is 5.78 Å². The van der Waals surface area contributed by atoms with Gasteiger partial charge in [0.15, 0.2) is 12.4 Å². The third-order valence-corrected chi connectivity index (χ3v) is 9.38. The second-order valence-electron chi connectivity index (χ2n) is 10.3. The van der Waals surface area contributed by atoms with Gasteiger partial charge in [-0.25, -0.2) is 0 Å². The van der Waals surface area contributed by atoms with Crippen molar-refractivity contribution in [3.63, 3.8) is 0 Å². The fourth-order valence-corrected chi connectivity index (χ4v) is 7.73. The summed E-state index contributed by atoms with van der Waals surface area (Å²) in [5, 5.41) is 11.6. The standard InChI is InChI=1S/C23H30O6/c1-13(24)28-12-18(26)22(27)11-19-23(29-19)17-5-4-14-10-15(25)6-8-20(14,2)16(17)7-9-21(22,23)3/h10,16-17,19,27H,4-9,11-12H2,1-3H3/t16-,17+,19-,20-,21+,22-,23-/m0/s1. The molecule has 4 fully saturated rings. The summed E-state index contributed by atoms with van der Waals surface area (Å²) in [7, 11) is 0. The number of ketones is 2. The van der Waals surface area contributed by atoms with E-state index in [4.69, 9.17) is 9.47 Å². The van der Waals surface area contributed by atoms with Gasteiger partial charge in [0, 0.05) is 25.2 Å². The minimum atomic E-state index is -1.52. The van der Waals surface area contributed by atoms with Crippen molar-refractivity contribution in [3.8, 4) is 0 Å². The smallest absolute Gasteiger partial charge is 0.303 e. The summed E-state index contributed by atoms with van der Waals surface area (Å²) in [4.78, 5) is 36.1. The van der Waals surface area contributed by atoms with E-state index in [9.17, 15) is 19.5 Å². The van der Waals surface area contributed by atoms with Gasteiger partial charge >= 0.3 is 5.97 Å². The monoisotopic (exact) mass is 402 g/mol. The van der Waals surface area contributed by atoms with Crippen LogP contribution in [0.3, 0.4) is 0 Å². The third kappa shape index (κ3) is 2.22. The average molecular weight is 402 g/mol. The Labute approximate surface area is 171 Å². The summed E-state index contributed by atoms with van der Waals surface area (Å²) in [5.41, 5.74) is -1.38. The highest BCUT2D eigenvalue weighted by atomic mass is 16.6. The number of aliphatic hydroxyl groups is 1. The molecule has 5 aliphatic rings. The maximum Gasteiger partial charge on any atom is 0.303 e. The highest BCUT2D eigenvalue weighted by molar-refractivity contribution is 5.92. The van der Waals surface area contributed by atoms with Crippen molar-refractivity contribution in [2.24, 2.45) is 22.7 Å². The molecule has 1 N–H and O–H groups in total. The van der Waals surface area contributed by atoms with Crippen molar-refractivity contribution in [1.82, 2.24) is 0 Å². The minimum Gasteiger partial charge on any atom is -0.458 e. The van der Waals surface area contributed by atoms with Crippen LogP contribution in [0.25, 0.3) is 0 Å². The first-order chi connectivity index (χ1) is 13.6. The first-order valence-corrected chi connectivity index (χ1v) is 10.9. The third-order valence-electron chi connectivity index (χ3n) is 9.38. The van der Waals surface area contributed by atoms with E-state index in [0.29, 0.717) is 18.8 Å². The van der Waals surface area contributed by atoms with E-state index in [0.717, 1.165) is 25.7 Å². The van der Waals surface area contributed by atoms with E-state index in [1.807, 2.05) is 13.0 Å². The molecule has 0 bridgehead atoms. The van der Waals surface area contributed by atoms with Crippen molar-refractivity contribution in [1.29, 1.82) is 0 Å². The van der Waals surface area contributed by atoms with Gasteiger partial charge in [-0.2, -0.15) is 0 Å². The van der Waals surface area contributed by atoms with Crippen molar-refractivity contribution in [3.05, 3.63) is 11.6 Å². The van der Waals surface area contributed by atoms with Gasteiger partial charge in [-0.1, -0.05) is 19.4 Å². The van der Waals surface area contributed by atoms with Crippen LogP contribution in [0.1, 0.15) is 65.7 Å². The maximum atomic E-state index is 13.0. The molecule has 3 saturated carbocycles. The lowest BCUT2D eigenvalue weighted by molar-refractivity contribution is -0.186. The van der Waals surface area contributed by atoms with Crippen LogP contribution >= 0.6 is 0 Å². The van der Waals surface area contributed by atoms with E-state index in [1.54, 1.807) is 0 Å². The van der Waals surface area contributed by atoms with Crippen molar-refractivity contribution >= 4 is 17.5 Å². The van der Waals surface area contributed by atoms with Gasteiger partial charge in [0.25, 0.3) is 0 Å². The van der Waals surface area contributed by atoms with Gasteiger partial charge in [0.1, 0.15) is 11.2 Å². The first kappa shape index (κ1) is 19.4. The van der Waals surface area contributed by atoms with Crippen LogP contribution in [0, 0.1) is 22.7 Å². The lowest BCUT2D eigenvalue weighted by Crippen LogP contribution is -2.63. The molecule has 0 amide bonds. The van der Waals surface area contributed by atoms with Crippen LogP contribution < -0.4 is 0 Å². The molecule has 1 spiro atoms.